The zero-order valence-corrected chi connectivity index (χ0v) is 22.8. The second kappa shape index (κ2) is 12.2. The summed E-state index contributed by atoms with van der Waals surface area (Å²) in [5.74, 6) is -0.220. The molecule has 11 heteroatoms. The first-order valence-corrected chi connectivity index (χ1v) is 13.7. The van der Waals surface area contributed by atoms with Crippen LogP contribution >= 0.6 is 7.82 Å². The van der Waals surface area contributed by atoms with Crippen LogP contribution in [0.15, 0.2) is 73.7 Å². The van der Waals surface area contributed by atoms with E-state index < -0.39 is 7.82 Å². The summed E-state index contributed by atoms with van der Waals surface area (Å²) in [6.45, 7) is 7.16. The highest BCUT2D eigenvalue weighted by atomic mass is 31.2. The molecule has 0 saturated carbocycles. The highest BCUT2D eigenvalue weighted by Crippen LogP contribution is 2.49. The Labute approximate surface area is 226 Å². The average Bonchev–Trinajstić information content (AvgIpc) is 3.33. The summed E-state index contributed by atoms with van der Waals surface area (Å²) in [5.41, 5.74) is 4.75. The first-order chi connectivity index (χ1) is 18.8. The Morgan fingerprint density at radius 2 is 1.87 bits per heavy atom. The van der Waals surface area contributed by atoms with E-state index in [0.29, 0.717) is 11.3 Å². The Morgan fingerprint density at radius 1 is 1.10 bits per heavy atom. The fraction of sp³-hybridized carbons (Fsp3) is 0.214. The summed E-state index contributed by atoms with van der Waals surface area (Å²) in [4.78, 5) is 22.4. The van der Waals surface area contributed by atoms with Crippen molar-refractivity contribution >= 4 is 30.5 Å². The number of likely N-dealkylation sites (N-methyl/N-ethyl adjacent to an activating group) is 1. The molecular formula is C28H28N5O5P. The van der Waals surface area contributed by atoms with Gasteiger partial charge in [0.15, 0.2) is 0 Å². The molecule has 3 aromatic heterocycles. The number of anilines is 1. The van der Waals surface area contributed by atoms with Gasteiger partial charge in [0, 0.05) is 47.8 Å². The van der Waals surface area contributed by atoms with Gasteiger partial charge in [0.25, 0.3) is 0 Å². The summed E-state index contributed by atoms with van der Waals surface area (Å²) in [6, 6.07) is 15.1. The van der Waals surface area contributed by atoms with Crippen molar-refractivity contribution in [2.75, 3.05) is 25.2 Å². The van der Waals surface area contributed by atoms with Crippen molar-refractivity contribution in [3.8, 4) is 28.3 Å². The smallest absolute Gasteiger partial charge is 0.312 e. The zero-order chi connectivity index (χ0) is 28.0. The van der Waals surface area contributed by atoms with E-state index in [1.807, 2.05) is 36.5 Å². The number of benzene rings is 1. The van der Waals surface area contributed by atoms with Crippen LogP contribution < -0.4 is 4.90 Å². The first kappa shape index (κ1) is 27.9. The number of phosphoric acid groups is 1. The number of carbonyl (C=O) groups is 1. The van der Waals surface area contributed by atoms with Gasteiger partial charge >= 0.3 is 7.82 Å². The van der Waals surface area contributed by atoms with Crippen molar-refractivity contribution in [3.05, 3.63) is 79.4 Å². The van der Waals surface area contributed by atoms with Gasteiger partial charge in [-0.3, -0.25) is 18.4 Å². The molecule has 0 aliphatic rings. The predicted molar refractivity (Wildman–Crippen MR) is 149 cm³/mol. The number of rotatable bonds is 11. The monoisotopic (exact) mass is 545 g/mol. The summed E-state index contributed by atoms with van der Waals surface area (Å²) >= 11 is 0. The van der Waals surface area contributed by atoms with Crippen molar-refractivity contribution < 1.29 is 22.9 Å². The highest BCUT2D eigenvalue weighted by Gasteiger charge is 2.26. The third-order valence-corrected chi connectivity index (χ3v) is 7.48. The van der Waals surface area contributed by atoms with E-state index in [0.717, 1.165) is 27.6 Å². The number of amides is 1. The number of carbonyl (C=O) groups excluding carboxylic acids is 1. The normalized spacial score (nSPS) is 11.3. The Bertz CT molecular complexity index is 1600. The van der Waals surface area contributed by atoms with Crippen LogP contribution in [0, 0.1) is 11.3 Å². The largest absolute Gasteiger partial charge is 0.476 e. The van der Waals surface area contributed by atoms with Crippen LogP contribution in [0.5, 0.6) is 0 Å². The van der Waals surface area contributed by atoms with Crippen LogP contribution in [-0.2, 0) is 29.7 Å². The molecule has 200 valence electrons. The van der Waals surface area contributed by atoms with Crippen LogP contribution in [0.4, 0.5) is 5.69 Å². The minimum Gasteiger partial charge on any atom is -0.312 e. The summed E-state index contributed by atoms with van der Waals surface area (Å²) < 4.78 is 30.7. The number of aromatic nitrogens is 3. The molecule has 0 saturated heterocycles. The van der Waals surface area contributed by atoms with Crippen molar-refractivity contribution in [1.82, 2.24) is 14.5 Å². The van der Waals surface area contributed by atoms with Gasteiger partial charge in [0.05, 0.1) is 13.2 Å². The van der Waals surface area contributed by atoms with Crippen LogP contribution in [0.1, 0.15) is 19.5 Å². The average molecular weight is 546 g/mol. The number of hydrogen-bond acceptors (Lipinski definition) is 8. The number of phosphoric ester groups is 1. The lowest BCUT2D eigenvalue weighted by Gasteiger charge is -2.17. The molecule has 0 N–H and O–H groups in total. The summed E-state index contributed by atoms with van der Waals surface area (Å²) in [6.07, 6.45) is 6.36. The van der Waals surface area contributed by atoms with Gasteiger partial charge < -0.3 is 9.47 Å². The maximum atomic E-state index is 12.9. The maximum Gasteiger partial charge on any atom is 0.476 e. The number of pyridine rings is 2. The molecule has 0 spiro atoms. The van der Waals surface area contributed by atoms with E-state index >= 15 is 0 Å². The van der Waals surface area contributed by atoms with Gasteiger partial charge in [-0.25, -0.2) is 14.5 Å². The van der Waals surface area contributed by atoms with Gasteiger partial charge in [-0.1, -0.05) is 18.7 Å². The molecule has 0 aliphatic heterocycles. The molecule has 39 heavy (non-hydrogen) atoms. The second-order valence-corrected chi connectivity index (χ2v) is 10.0. The molecular weight excluding hydrogens is 517 g/mol. The minimum absolute atomic E-state index is 0.139. The Balaban J connectivity index is 1.81. The van der Waals surface area contributed by atoms with Crippen molar-refractivity contribution in [1.29, 1.82) is 5.26 Å². The molecule has 1 aromatic carbocycles. The molecule has 3 heterocycles. The van der Waals surface area contributed by atoms with Crippen LogP contribution in [0.3, 0.4) is 0 Å². The SMILES string of the molecule is C=CC(=O)N(C)c1cccc(-c2cnc3c(c2)c(-c2ccnc(C#N)c2)cn3COP(=O)(OCC)OCC)c1. The van der Waals surface area contributed by atoms with Gasteiger partial charge in [0.2, 0.25) is 5.91 Å². The van der Waals surface area contributed by atoms with Crippen molar-refractivity contribution in [2.24, 2.45) is 0 Å². The Kier molecular flexibility index (Phi) is 8.69. The van der Waals surface area contributed by atoms with Gasteiger partial charge in [0.1, 0.15) is 24.1 Å². The van der Waals surface area contributed by atoms with E-state index in [1.165, 1.54) is 11.0 Å². The molecule has 4 rings (SSSR count). The fourth-order valence-corrected chi connectivity index (χ4v) is 5.16. The Hall–Kier alpha value is -4.13. The van der Waals surface area contributed by atoms with E-state index in [1.54, 1.807) is 50.0 Å². The highest BCUT2D eigenvalue weighted by molar-refractivity contribution is 7.48. The van der Waals surface area contributed by atoms with Gasteiger partial charge in [-0.15, -0.1) is 0 Å². The number of nitrogens with zero attached hydrogens (tertiary/aromatic N) is 5. The van der Waals surface area contributed by atoms with Gasteiger partial charge in [-0.2, -0.15) is 5.26 Å². The minimum atomic E-state index is -3.76. The number of fused-ring (bicyclic) bond motifs is 1. The first-order valence-electron chi connectivity index (χ1n) is 12.2. The molecule has 0 atom stereocenters. The van der Waals surface area contributed by atoms with Gasteiger partial charge in [-0.05, 0) is 61.4 Å². The van der Waals surface area contributed by atoms with E-state index in [9.17, 15) is 14.6 Å². The zero-order valence-electron chi connectivity index (χ0n) is 21.9. The molecule has 0 bridgehead atoms. The molecule has 1 amide bonds. The molecule has 4 aromatic rings. The lowest BCUT2D eigenvalue weighted by Crippen LogP contribution is -2.23. The number of nitriles is 1. The topological polar surface area (TPSA) is 120 Å². The summed E-state index contributed by atoms with van der Waals surface area (Å²) in [7, 11) is -2.08. The van der Waals surface area contributed by atoms with E-state index in [-0.39, 0.29) is 31.5 Å². The van der Waals surface area contributed by atoms with Crippen LogP contribution in [-0.4, -0.2) is 40.7 Å². The van der Waals surface area contributed by atoms with E-state index in [2.05, 4.69) is 17.6 Å². The van der Waals surface area contributed by atoms with Crippen LogP contribution in [0.25, 0.3) is 33.3 Å². The Morgan fingerprint density at radius 3 is 2.56 bits per heavy atom. The molecule has 0 unspecified atom stereocenters. The predicted octanol–water partition coefficient (Wildman–Crippen LogP) is 5.94. The lowest BCUT2D eigenvalue weighted by molar-refractivity contribution is -0.113. The lowest BCUT2D eigenvalue weighted by atomic mass is 10.0. The molecule has 0 fully saturated rings. The third kappa shape index (κ3) is 6.14. The van der Waals surface area contributed by atoms with Crippen LogP contribution in [0.2, 0.25) is 0 Å². The molecule has 0 aliphatic carbocycles. The fourth-order valence-electron chi connectivity index (χ4n) is 4.04. The van der Waals surface area contributed by atoms with Crippen molar-refractivity contribution in [3.63, 3.8) is 0 Å². The standard InChI is InChI=1S/C28H28N5O5P/c1-5-27(34)32(4)24-10-8-9-20(14-24)22-15-25-26(21-11-12-30-23(13-21)16-29)18-33(28(25)31-17-22)19-38-39(35,36-6-2)37-7-3/h5,8-15,17-18H,1,6-7,19H2,2-4H3. The van der Waals surface area contributed by atoms with E-state index in [4.69, 9.17) is 18.6 Å². The summed E-state index contributed by atoms with van der Waals surface area (Å²) in [5, 5.41) is 10.2. The molecule has 10 nitrogen and oxygen atoms in total. The van der Waals surface area contributed by atoms with Crippen molar-refractivity contribution in [2.45, 2.75) is 20.6 Å². The number of hydrogen-bond donors (Lipinski definition) is 0. The third-order valence-electron chi connectivity index (χ3n) is 5.90. The quantitative estimate of drug-likeness (QED) is 0.168. The second-order valence-electron chi connectivity index (χ2n) is 8.34. The maximum absolute atomic E-state index is 12.9. The molecule has 0 radical (unpaired) electrons.